The van der Waals surface area contributed by atoms with E-state index in [1.807, 2.05) is 6.20 Å². The quantitative estimate of drug-likeness (QED) is 0.672. The highest BCUT2D eigenvalue weighted by atomic mass is 15.1. The Morgan fingerprint density at radius 1 is 1.43 bits per heavy atom. The smallest absolute Gasteiger partial charge is 0.117 e. The summed E-state index contributed by atoms with van der Waals surface area (Å²) in [5, 5.41) is 8.02. The third kappa shape index (κ3) is 1.24. The van der Waals surface area contributed by atoms with E-state index in [0.29, 0.717) is 5.92 Å². The molecule has 3 heteroatoms. The molecule has 2 rings (SSSR count). The summed E-state index contributed by atoms with van der Waals surface area (Å²) in [5.41, 5.74) is 4.26. The van der Waals surface area contributed by atoms with Gasteiger partial charge >= 0.3 is 0 Å². The second-order valence-electron chi connectivity index (χ2n) is 4.01. The topological polar surface area (TPSA) is 28.7 Å². The first-order valence-corrected chi connectivity index (χ1v) is 4.83. The van der Waals surface area contributed by atoms with E-state index < -0.39 is 0 Å². The first-order chi connectivity index (χ1) is 6.61. The van der Waals surface area contributed by atoms with Crippen LogP contribution in [0.5, 0.6) is 0 Å². The van der Waals surface area contributed by atoms with E-state index in [1.54, 1.807) is 0 Å². The fourth-order valence-corrected chi connectivity index (χ4v) is 2.05. The monoisotopic (exact) mass is 184 g/mol. The molecule has 0 atom stereocenters. The number of H-pyrrole nitrogens is 1. The van der Waals surface area contributed by atoms with Gasteiger partial charge in [-0.15, -0.1) is 0 Å². The lowest BCUT2D eigenvalue weighted by molar-refractivity contribution is 0.865. The molecule has 0 unspecified atom stereocenters. The number of rotatable bonds is 1. The molecule has 0 spiro atoms. The molecule has 0 aliphatic carbocycles. The van der Waals surface area contributed by atoms with Gasteiger partial charge in [-0.2, -0.15) is 5.10 Å². The Bertz CT molecular complexity index is 471. The Morgan fingerprint density at radius 2 is 2.14 bits per heavy atom. The molecule has 2 radical (unpaired) electrons. The second kappa shape index (κ2) is 3.16. The summed E-state index contributed by atoms with van der Waals surface area (Å²) >= 11 is 0. The fraction of sp³-hybridized carbons (Fsp3) is 0.364. The van der Waals surface area contributed by atoms with Crippen molar-refractivity contribution in [3.8, 4) is 0 Å². The summed E-state index contributed by atoms with van der Waals surface area (Å²) in [6.45, 7) is 6.40. The van der Waals surface area contributed by atoms with Crippen molar-refractivity contribution in [2.45, 2.75) is 26.7 Å². The van der Waals surface area contributed by atoms with Crippen LogP contribution in [0.4, 0.5) is 0 Å². The highest BCUT2D eigenvalue weighted by molar-refractivity contribution is 6.39. The van der Waals surface area contributed by atoms with Crippen LogP contribution in [0.3, 0.4) is 0 Å². The number of aromatic amines is 1. The molecule has 0 saturated carbocycles. The van der Waals surface area contributed by atoms with E-state index in [4.69, 9.17) is 7.85 Å². The molecule has 0 saturated heterocycles. The van der Waals surface area contributed by atoms with E-state index in [2.05, 4.69) is 37.0 Å². The van der Waals surface area contributed by atoms with Crippen LogP contribution >= 0.6 is 0 Å². The number of nitrogens with zero attached hydrogens (tertiary/aromatic N) is 1. The highest BCUT2D eigenvalue weighted by Crippen LogP contribution is 2.21. The van der Waals surface area contributed by atoms with Crippen molar-refractivity contribution < 1.29 is 0 Å². The minimum atomic E-state index is 0.447. The Kier molecular flexibility index (Phi) is 2.10. The van der Waals surface area contributed by atoms with Crippen LogP contribution in [-0.2, 0) is 0 Å². The van der Waals surface area contributed by atoms with Crippen molar-refractivity contribution in [1.29, 1.82) is 0 Å². The molecule has 2 nitrogen and oxygen atoms in total. The van der Waals surface area contributed by atoms with Gasteiger partial charge in [0.05, 0.1) is 11.7 Å². The lowest BCUT2D eigenvalue weighted by Crippen LogP contribution is -2.15. The van der Waals surface area contributed by atoms with E-state index in [1.165, 1.54) is 11.1 Å². The standard InChI is InChI=1S/C11H13BN2/c1-6(2)9-7(3)4-8-5-13-14-11(8)10(9)12/h4-6H,1-3H3,(H,13,14). The van der Waals surface area contributed by atoms with Gasteiger partial charge in [0, 0.05) is 5.39 Å². The SMILES string of the molecule is [B]c1c(C(C)C)c(C)cc2cn[nH]c12. The maximum atomic E-state index is 6.09. The summed E-state index contributed by atoms with van der Waals surface area (Å²) in [6.07, 6.45) is 1.81. The summed E-state index contributed by atoms with van der Waals surface area (Å²) in [7, 11) is 6.09. The van der Waals surface area contributed by atoms with Crippen molar-refractivity contribution >= 4 is 24.2 Å². The second-order valence-corrected chi connectivity index (χ2v) is 4.01. The van der Waals surface area contributed by atoms with Gasteiger partial charge in [0.2, 0.25) is 0 Å². The molecule has 0 bridgehead atoms. The molecule has 1 heterocycles. The van der Waals surface area contributed by atoms with Gasteiger partial charge in [-0.1, -0.05) is 19.3 Å². The third-order valence-corrected chi connectivity index (χ3v) is 2.60. The molecule has 1 aromatic carbocycles. The van der Waals surface area contributed by atoms with Crippen LogP contribution in [0, 0.1) is 6.92 Å². The molecular formula is C11H13BN2. The lowest BCUT2D eigenvalue weighted by Gasteiger charge is -2.14. The van der Waals surface area contributed by atoms with Crippen molar-refractivity contribution in [2.24, 2.45) is 0 Å². The first-order valence-electron chi connectivity index (χ1n) is 4.83. The van der Waals surface area contributed by atoms with Crippen LogP contribution in [0.25, 0.3) is 10.9 Å². The zero-order chi connectivity index (χ0) is 10.3. The van der Waals surface area contributed by atoms with Crippen LogP contribution in [0.15, 0.2) is 12.3 Å². The maximum absolute atomic E-state index is 6.09. The van der Waals surface area contributed by atoms with Crippen LogP contribution in [0.2, 0.25) is 0 Å². The van der Waals surface area contributed by atoms with E-state index in [-0.39, 0.29) is 0 Å². The van der Waals surface area contributed by atoms with Crippen LogP contribution in [-0.4, -0.2) is 18.0 Å². The predicted molar refractivity (Wildman–Crippen MR) is 60.3 cm³/mol. The fourth-order valence-electron chi connectivity index (χ4n) is 2.05. The number of aromatic nitrogens is 2. The Morgan fingerprint density at radius 3 is 2.79 bits per heavy atom. The number of hydrogen-bond acceptors (Lipinski definition) is 1. The average Bonchev–Trinajstić information content (AvgIpc) is 2.50. The minimum absolute atomic E-state index is 0.447. The predicted octanol–water partition coefficient (Wildman–Crippen LogP) is 1.79. The summed E-state index contributed by atoms with van der Waals surface area (Å²) < 4.78 is 0. The molecular weight excluding hydrogens is 171 g/mol. The van der Waals surface area contributed by atoms with Crippen molar-refractivity contribution in [3.63, 3.8) is 0 Å². The summed E-state index contributed by atoms with van der Waals surface area (Å²) in [5.74, 6) is 0.447. The normalized spacial score (nSPS) is 11.4. The molecule has 14 heavy (non-hydrogen) atoms. The van der Waals surface area contributed by atoms with Crippen molar-refractivity contribution in [1.82, 2.24) is 10.2 Å². The Hall–Kier alpha value is -1.25. The largest absolute Gasteiger partial charge is 0.278 e. The van der Waals surface area contributed by atoms with Crippen molar-refractivity contribution in [3.05, 3.63) is 23.4 Å². The third-order valence-electron chi connectivity index (χ3n) is 2.60. The molecule has 0 amide bonds. The summed E-state index contributed by atoms with van der Waals surface area (Å²) in [4.78, 5) is 0. The number of fused-ring (bicyclic) bond motifs is 1. The number of benzene rings is 1. The van der Waals surface area contributed by atoms with Gasteiger partial charge in [-0.05, 0) is 30.0 Å². The zero-order valence-electron chi connectivity index (χ0n) is 8.76. The number of hydrogen-bond donors (Lipinski definition) is 1. The van der Waals surface area contributed by atoms with E-state index >= 15 is 0 Å². The molecule has 70 valence electrons. The lowest BCUT2D eigenvalue weighted by atomic mass is 9.81. The summed E-state index contributed by atoms with van der Waals surface area (Å²) in [6, 6.07) is 2.13. The van der Waals surface area contributed by atoms with Crippen molar-refractivity contribution in [2.75, 3.05) is 0 Å². The number of nitrogens with one attached hydrogen (secondary N) is 1. The van der Waals surface area contributed by atoms with Gasteiger partial charge in [-0.3, -0.25) is 5.10 Å². The van der Waals surface area contributed by atoms with E-state index in [9.17, 15) is 0 Å². The van der Waals surface area contributed by atoms with Crippen LogP contribution < -0.4 is 5.46 Å². The van der Waals surface area contributed by atoms with Gasteiger partial charge in [0.1, 0.15) is 7.85 Å². The van der Waals surface area contributed by atoms with E-state index in [0.717, 1.165) is 16.4 Å². The zero-order valence-corrected chi connectivity index (χ0v) is 8.76. The van der Waals surface area contributed by atoms with Gasteiger partial charge < -0.3 is 0 Å². The minimum Gasteiger partial charge on any atom is -0.278 e. The molecule has 0 aliphatic rings. The van der Waals surface area contributed by atoms with Crippen LogP contribution in [0.1, 0.15) is 30.9 Å². The molecule has 1 aromatic heterocycles. The first kappa shape index (κ1) is 9.32. The Balaban J connectivity index is 2.82. The number of aryl methyl sites for hydroxylation is 1. The van der Waals surface area contributed by atoms with Gasteiger partial charge in [0.15, 0.2) is 0 Å². The molecule has 0 aliphatic heterocycles. The Labute approximate surface area is 85.1 Å². The average molecular weight is 184 g/mol. The van der Waals surface area contributed by atoms with Gasteiger partial charge in [-0.25, -0.2) is 0 Å². The highest BCUT2D eigenvalue weighted by Gasteiger charge is 2.10. The maximum Gasteiger partial charge on any atom is 0.117 e. The van der Waals surface area contributed by atoms with Gasteiger partial charge in [0.25, 0.3) is 0 Å². The molecule has 2 aromatic rings. The molecule has 0 fully saturated rings. The molecule has 1 N–H and O–H groups in total.